The van der Waals surface area contributed by atoms with Gasteiger partial charge in [-0.3, -0.25) is 0 Å². The van der Waals surface area contributed by atoms with Gasteiger partial charge in [0.2, 0.25) is 9.76 Å². The molecular weight excluding hydrogens is 188 g/mol. The summed E-state index contributed by atoms with van der Waals surface area (Å²) >= 11 is 0. The van der Waals surface area contributed by atoms with E-state index in [4.69, 9.17) is 10.8 Å². The summed E-state index contributed by atoms with van der Waals surface area (Å²) in [6.07, 6.45) is 4.90. The van der Waals surface area contributed by atoms with Crippen LogP contribution in [0.4, 0.5) is 0 Å². The molecule has 0 unspecified atom stereocenters. The van der Waals surface area contributed by atoms with Crippen LogP contribution in [0.3, 0.4) is 0 Å². The first-order chi connectivity index (χ1) is 6.72. The fraction of sp³-hybridized carbons (Fsp3) is 0.333. The van der Waals surface area contributed by atoms with Crippen molar-refractivity contribution in [2.75, 3.05) is 6.61 Å². The van der Waals surface area contributed by atoms with Gasteiger partial charge in [0.15, 0.2) is 0 Å². The molecule has 0 aliphatic carbocycles. The SMILES string of the molecule is C#C[SiH2]OCC.Cc1ccccc1C. The molecule has 1 nitrogen and oxygen atoms in total. The van der Waals surface area contributed by atoms with Gasteiger partial charge in [-0.2, -0.15) is 0 Å². The van der Waals surface area contributed by atoms with Gasteiger partial charge in [-0.25, -0.2) is 0 Å². The highest BCUT2D eigenvalue weighted by Gasteiger charge is 1.83. The van der Waals surface area contributed by atoms with Crippen LogP contribution in [-0.2, 0) is 4.43 Å². The van der Waals surface area contributed by atoms with Crippen molar-refractivity contribution in [2.24, 2.45) is 0 Å². The lowest BCUT2D eigenvalue weighted by atomic mass is 10.1. The van der Waals surface area contributed by atoms with Crippen molar-refractivity contribution in [3.63, 3.8) is 0 Å². The molecule has 0 heterocycles. The monoisotopic (exact) mass is 206 g/mol. The Bertz CT molecular complexity index is 268. The van der Waals surface area contributed by atoms with Crippen LogP contribution < -0.4 is 0 Å². The van der Waals surface area contributed by atoms with Crippen LogP contribution in [0.25, 0.3) is 0 Å². The van der Waals surface area contributed by atoms with E-state index in [1.54, 1.807) is 0 Å². The van der Waals surface area contributed by atoms with E-state index in [1.165, 1.54) is 11.1 Å². The Hall–Kier alpha value is -1.04. The van der Waals surface area contributed by atoms with Gasteiger partial charge >= 0.3 is 0 Å². The maximum atomic E-state index is 4.90. The van der Waals surface area contributed by atoms with Crippen LogP contribution in [0.2, 0.25) is 0 Å². The Morgan fingerprint density at radius 2 is 1.79 bits per heavy atom. The van der Waals surface area contributed by atoms with Gasteiger partial charge < -0.3 is 4.43 Å². The van der Waals surface area contributed by atoms with E-state index in [0.717, 1.165) is 6.61 Å². The molecule has 14 heavy (non-hydrogen) atoms. The smallest absolute Gasteiger partial charge is 0.240 e. The molecule has 1 aromatic carbocycles. The molecular formula is C12H18OSi. The van der Waals surface area contributed by atoms with Crippen molar-refractivity contribution in [3.8, 4) is 12.0 Å². The lowest BCUT2D eigenvalue weighted by Gasteiger charge is -1.93. The molecule has 0 bridgehead atoms. The van der Waals surface area contributed by atoms with Gasteiger partial charge in [0.25, 0.3) is 0 Å². The van der Waals surface area contributed by atoms with Gasteiger partial charge in [0.05, 0.1) is 0 Å². The van der Waals surface area contributed by atoms with Gasteiger partial charge in [-0.1, -0.05) is 24.3 Å². The van der Waals surface area contributed by atoms with Crippen LogP contribution in [0, 0.1) is 25.8 Å². The highest BCUT2D eigenvalue weighted by atomic mass is 28.2. The summed E-state index contributed by atoms with van der Waals surface area (Å²) in [5, 5.41) is 0. The molecule has 1 rings (SSSR count). The summed E-state index contributed by atoms with van der Waals surface area (Å²) in [6.45, 7) is 6.96. The molecule has 0 atom stereocenters. The first-order valence-corrected chi connectivity index (χ1v) is 6.04. The molecule has 0 spiro atoms. The first-order valence-electron chi connectivity index (χ1n) is 4.75. The van der Waals surface area contributed by atoms with Crippen LogP contribution in [0.15, 0.2) is 24.3 Å². The van der Waals surface area contributed by atoms with Gasteiger partial charge in [-0.05, 0) is 31.9 Å². The van der Waals surface area contributed by atoms with E-state index in [1.807, 2.05) is 6.92 Å². The number of rotatable bonds is 2. The van der Waals surface area contributed by atoms with Crippen molar-refractivity contribution < 1.29 is 4.43 Å². The second kappa shape index (κ2) is 8.55. The summed E-state index contributed by atoms with van der Waals surface area (Å²) < 4.78 is 4.89. The Morgan fingerprint density at radius 3 is 2.00 bits per heavy atom. The third kappa shape index (κ3) is 6.47. The first kappa shape index (κ1) is 13.0. The third-order valence-corrected chi connectivity index (χ3v) is 2.59. The number of hydrogen-bond acceptors (Lipinski definition) is 1. The van der Waals surface area contributed by atoms with Crippen molar-refractivity contribution >= 4 is 9.76 Å². The van der Waals surface area contributed by atoms with Crippen LogP contribution >= 0.6 is 0 Å². The molecule has 0 aliphatic heterocycles. The van der Waals surface area contributed by atoms with Crippen molar-refractivity contribution in [3.05, 3.63) is 35.4 Å². The summed E-state index contributed by atoms with van der Waals surface area (Å²) in [5.74, 6) is 0. The minimum Gasteiger partial charge on any atom is -0.411 e. The molecule has 76 valence electrons. The molecule has 2 heteroatoms. The number of terminal acetylenes is 1. The molecule has 0 radical (unpaired) electrons. The summed E-state index contributed by atoms with van der Waals surface area (Å²) in [5.41, 5.74) is 5.22. The van der Waals surface area contributed by atoms with E-state index in [2.05, 4.69) is 43.7 Å². The van der Waals surface area contributed by atoms with E-state index in [-0.39, 0.29) is 0 Å². The lowest BCUT2D eigenvalue weighted by molar-refractivity contribution is 0.368. The number of benzene rings is 1. The van der Waals surface area contributed by atoms with Crippen LogP contribution in [0.5, 0.6) is 0 Å². The molecule has 0 saturated carbocycles. The second-order valence-corrected chi connectivity index (χ2v) is 4.03. The van der Waals surface area contributed by atoms with E-state index < -0.39 is 9.76 Å². The van der Waals surface area contributed by atoms with E-state index in [9.17, 15) is 0 Å². The van der Waals surface area contributed by atoms with Crippen molar-refractivity contribution in [1.82, 2.24) is 0 Å². The number of hydrogen-bond donors (Lipinski definition) is 0. The molecule has 0 amide bonds. The lowest BCUT2D eigenvalue weighted by Crippen LogP contribution is -1.92. The molecule has 0 saturated heterocycles. The maximum absolute atomic E-state index is 4.90. The number of aryl methyl sites for hydroxylation is 2. The Balaban J connectivity index is 0.000000255. The minimum absolute atomic E-state index is 0.551. The summed E-state index contributed by atoms with van der Waals surface area (Å²) in [6, 6.07) is 8.36. The fourth-order valence-electron chi connectivity index (χ4n) is 0.824. The zero-order chi connectivity index (χ0) is 10.8. The second-order valence-electron chi connectivity index (χ2n) is 2.93. The van der Waals surface area contributed by atoms with Crippen molar-refractivity contribution in [1.29, 1.82) is 0 Å². The van der Waals surface area contributed by atoms with E-state index in [0.29, 0.717) is 0 Å². The molecule has 0 N–H and O–H groups in total. The highest BCUT2D eigenvalue weighted by Crippen LogP contribution is 2.02. The Kier molecular flexibility index (Phi) is 7.91. The largest absolute Gasteiger partial charge is 0.411 e. The van der Waals surface area contributed by atoms with Crippen LogP contribution in [0.1, 0.15) is 18.1 Å². The topological polar surface area (TPSA) is 9.23 Å². The normalized spacial score (nSPS) is 9.29. The van der Waals surface area contributed by atoms with Gasteiger partial charge in [0, 0.05) is 6.61 Å². The summed E-state index contributed by atoms with van der Waals surface area (Å²) in [4.78, 5) is 0. The maximum Gasteiger partial charge on any atom is 0.240 e. The van der Waals surface area contributed by atoms with Gasteiger partial charge in [0.1, 0.15) is 0 Å². The fourth-order valence-corrected chi connectivity index (χ4v) is 1.15. The predicted molar refractivity (Wildman–Crippen MR) is 64.9 cm³/mol. The minimum atomic E-state index is -0.551. The highest BCUT2D eigenvalue weighted by molar-refractivity contribution is 6.38. The van der Waals surface area contributed by atoms with Crippen molar-refractivity contribution in [2.45, 2.75) is 20.8 Å². The Labute approximate surface area is 89.4 Å². The van der Waals surface area contributed by atoms with Crippen LogP contribution in [-0.4, -0.2) is 16.4 Å². The van der Waals surface area contributed by atoms with Gasteiger partial charge in [-0.15, -0.1) is 12.0 Å². The molecule has 0 fully saturated rings. The summed E-state index contributed by atoms with van der Waals surface area (Å²) in [7, 11) is -0.551. The van der Waals surface area contributed by atoms with E-state index >= 15 is 0 Å². The zero-order valence-electron chi connectivity index (χ0n) is 9.21. The quantitative estimate of drug-likeness (QED) is 0.408. The predicted octanol–water partition coefficient (Wildman–Crippen LogP) is 2.00. The average molecular weight is 206 g/mol. The Morgan fingerprint density at radius 1 is 1.29 bits per heavy atom. The molecule has 0 aliphatic rings. The average Bonchev–Trinajstić information content (AvgIpc) is 2.20. The molecule has 0 aromatic heterocycles. The third-order valence-electron chi connectivity index (χ3n) is 1.82. The molecule has 1 aromatic rings. The standard InChI is InChI=1S/C8H10.C4H8OSi/c1-7-5-3-4-6-8(7)2;1-3-5-6-4-2/h3-6H,1-2H3;2H,3,6H2,1H3. The zero-order valence-corrected chi connectivity index (χ0v) is 10.6.